The predicted molar refractivity (Wildman–Crippen MR) is 78.8 cm³/mol. The molecule has 1 unspecified atom stereocenters. The number of aromatic nitrogens is 1. The first-order chi connectivity index (χ1) is 9.04. The number of aryl methyl sites for hydroxylation is 1. The van der Waals surface area contributed by atoms with Gasteiger partial charge in [-0.2, -0.15) is 0 Å². The van der Waals surface area contributed by atoms with Crippen LogP contribution in [0, 0.1) is 6.92 Å². The molecule has 0 bridgehead atoms. The Morgan fingerprint density at radius 2 is 2.32 bits per heavy atom. The lowest BCUT2D eigenvalue weighted by atomic mass is 10.3. The number of hydrogen-bond donors (Lipinski definition) is 1. The van der Waals surface area contributed by atoms with Crippen molar-refractivity contribution >= 4 is 28.6 Å². The zero-order valence-electron chi connectivity index (χ0n) is 11.1. The van der Waals surface area contributed by atoms with Crippen LogP contribution in [-0.4, -0.2) is 40.6 Å². The third-order valence-electron chi connectivity index (χ3n) is 2.97. The van der Waals surface area contributed by atoms with Gasteiger partial charge in [0.05, 0.1) is 23.2 Å². The smallest absolute Gasteiger partial charge is 0.265 e. The second-order valence-corrected chi connectivity index (χ2v) is 6.31. The van der Waals surface area contributed by atoms with Gasteiger partial charge in [0.15, 0.2) is 0 Å². The lowest BCUT2D eigenvalue weighted by Gasteiger charge is -2.22. The van der Waals surface area contributed by atoms with Crippen LogP contribution in [0.15, 0.2) is 17.5 Å². The first kappa shape index (κ1) is 14.2. The number of hydrogen-bond acceptors (Lipinski definition) is 5. The van der Waals surface area contributed by atoms with Crippen LogP contribution in [0.2, 0.25) is 0 Å². The summed E-state index contributed by atoms with van der Waals surface area (Å²) in [7, 11) is 1.70. The second-order valence-electron chi connectivity index (χ2n) is 4.36. The fourth-order valence-electron chi connectivity index (χ4n) is 1.58. The molecule has 2 heterocycles. The van der Waals surface area contributed by atoms with E-state index in [0.29, 0.717) is 4.88 Å². The third-order valence-corrected chi connectivity index (χ3v) is 5.15. The van der Waals surface area contributed by atoms with Crippen molar-refractivity contribution in [2.45, 2.75) is 19.9 Å². The maximum atomic E-state index is 12.3. The monoisotopic (exact) mass is 296 g/mol. The van der Waals surface area contributed by atoms with Gasteiger partial charge in [-0.15, -0.1) is 22.7 Å². The Morgan fingerprint density at radius 1 is 1.58 bits per heavy atom. The average Bonchev–Trinajstić information content (AvgIpc) is 3.04. The molecule has 2 aromatic rings. The van der Waals surface area contributed by atoms with E-state index >= 15 is 0 Å². The van der Waals surface area contributed by atoms with Gasteiger partial charge in [0.2, 0.25) is 0 Å². The topological polar surface area (TPSA) is 53.4 Å². The zero-order valence-corrected chi connectivity index (χ0v) is 12.7. The molecule has 1 atom stereocenters. The van der Waals surface area contributed by atoms with Gasteiger partial charge in [0, 0.05) is 7.05 Å². The number of aliphatic hydroxyl groups is 1. The highest BCUT2D eigenvalue weighted by Gasteiger charge is 2.22. The second kappa shape index (κ2) is 5.81. The molecule has 0 spiro atoms. The van der Waals surface area contributed by atoms with Crippen LogP contribution in [0.3, 0.4) is 0 Å². The quantitative estimate of drug-likeness (QED) is 0.943. The van der Waals surface area contributed by atoms with Crippen molar-refractivity contribution in [2.75, 3.05) is 13.7 Å². The van der Waals surface area contributed by atoms with Crippen molar-refractivity contribution in [1.29, 1.82) is 0 Å². The molecular formula is C13H16N2O2S2. The van der Waals surface area contributed by atoms with Gasteiger partial charge in [-0.05, 0) is 25.3 Å². The summed E-state index contributed by atoms with van der Waals surface area (Å²) in [5.41, 5.74) is 0.746. The molecule has 0 aliphatic rings. The lowest BCUT2D eigenvalue weighted by molar-refractivity contribution is 0.0686. The highest BCUT2D eigenvalue weighted by Crippen LogP contribution is 2.31. The van der Waals surface area contributed by atoms with E-state index in [-0.39, 0.29) is 18.6 Å². The number of thiazole rings is 1. The van der Waals surface area contributed by atoms with Crippen LogP contribution < -0.4 is 0 Å². The molecule has 6 heteroatoms. The molecule has 2 rings (SSSR count). The summed E-state index contributed by atoms with van der Waals surface area (Å²) >= 11 is 3.02. The highest BCUT2D eigenvalue weighted by molar-refractivity contribution is 7.22. The fraction of sp³-hybridized carbons (Fsp3) is 0.385. The number of carbonyl (C=O) groups is 1. The molecule has 0 saturated carbocycles. The Kier molecular flexibility index (Phi) is 4.34. The molecule has 1 N–H and O–H groups in total. The van der Waals surface area contributed by atoms with Crippen LogP contribution >= 0.6 is 22.7 Å². The first-order valence-corrected chi connectivity index (χ1v) is 7.63. The standard InChI is InChI=1S/C13H16N2O2S2/c1-8(7-16)15(3)13(17)11-9(2)14-12(19-11)10-5-4-6-18-10/h4-6,8,16H,7H2,1-3H3. The minimum absolute atomic E-state index is 0.0438. The molecule has 2 aromatic heterocycles. The lowest BCUT2D eigenvalue weighted by Crippen LogP contribution is -2.37. The van der Waals surface area contributed by atoms with Gasteiger partial charge in [0.25, 0.3) is 5.91 Å². The van der Waals surface area contributed by atoms with Crippen molar-refractivity contribution in [3.05, 3.63) is 28.1 Å². The van der Waals surface area contributed by atoms with Crippen molar-refractivity contribution in [3.8, 4) is 9.88 Å². The molecule has 102 valence electrons. The summed E-state index contributed by atoms with van der Waals surface area (Å²) in [4.78, 5) is 20.1. The van der Waals surface area contributed by atoms with E-state index < -0.39 is 0 Å². The summed E-state index contributed by atoms with van der Waals surface area (Å²) in [6, 6.07) is 3.77. The van der Waals surface area contributed by atoms with Crippen LogP contribution in [0.25, 0.3) is 9.88 Å². The third kappa shape index (κ3) is 2.86. The Labute approximate surface area is 120 Å². The molecule has 0 radical (unpaired) electrons. The molecule has 0 aliphatic heterocycles. The van der Waals surface area contributed by atoms with Gasteiger partial charge in [-0.3, -0.25) is 4.79 Å². The normalized spacial score (nSPS) is 12.4. The van der Waals surface area contributed by atoms with Crippen molar-refractivity contribution < 1.29 is 9.90 Å². The highest BCUT2D eigenvalue weighted by atomic mass is 32.1. The van der Waals surface area contributed by atoms with E-state index in [2.05, 4.69) is 4.98 Å². The van der Waals surface area contributed by atoms with Gasteiger partial charge in [-0.1, -0.05) is 6.07 Å². The maximum Gasteiger partial charge on any atom is 0.265 e. The number of carbonyl (C=O) groups excluding carboxylic acids is 1. The Hall–Kier alpha value is -1.24. The van der Waals surface area contributed by atoms with Gasteiger partial charge in [0.1, 0.15) is 9.88 Å². The molecule has 4 nitrogen and oxygen atoms in total. The van der Waals surface area contributed by atoms with E-state index in [1.807, 2.05) is 31.4 Å². The van der Waals surface area contributed by atoms with Crippen LogP contribution in [-0.2, 0) is 0 Å². The van der Waals surface area contributed by atoms with Gasteiger partial charge in [-0.25, -0.2) is 4.98 Å². The molecule has 1 amide bonds. The molecule has 19 heavy (non-hydrogen) atoms. The summed E-state index contributed by atoms with van der Waals surface area (Å²) in [6.45, 7) is 3.62. The van der Waals surface area contributed by atoms with Crippen molar-refractivity contribution in [2.24, 2.45) is 0 Å². The first-order valence-electron chi connectivity index (χ1n) is 5.94. The molecule has 0 aromatic carbocycles. The number of rotatable bonds is 4. The van der Waals surface area contributed by atoms with E-state index in [0.717, 1.165) is 15.6 Å². The zero-order chi connectivity index (χ0) is 14.0. The van der Waals surface area contributed by atoms with E-state index in [1.54, 1.807) is 23.3 Å². The van der Waals surface area contributed by atoms with Crippen LogP contribution in [0.4, 0.5) is 0 Å². The van der Waals surface area contributed by atoms with Crippen LogP contribution in [0.1, 0.15) is 22.3 Å². The van der Waals surface area contributed by atoms with Gasteiger partial charge >= 0.3 is 0 Å². The summed E-state index contributed by atoms with van der Waals surface area (Å²) in [5.74, 6) is -0.0839. The number of amides is 1. The van der Waals surface area contributed by atoms with Crippen molar-refractivity contribution in [1.82, 2.24) is 9.88 Å². The van der Waals surface area contributed by atoms with Crippen molar-refractivity contribution in [3.63, 3.8) is 0 Å². The number of aliphatic hydroxyl groups excluding tert-OH is 1. The average molecular weight is 296 g/mol. The largest absolute Gasteiger partial charge is 0.394 e. The number of thiophene rings is 1. The number of nitrogens with zero attached hydrogens (tertiary/aromatic N) is 2. The predicted octanol–water partition coefficient (Wildman–Crippen LogP) is 2.63. The minimum atomic E-state index is -0.195. The SMILES string of the molecule is Cc1nc(-c2cccs2)sc1C(=O)N(C)C(C)CO. The van der Waals surface area contributed by atoms with E-state index in [4.69, 9.17) is 5.11 Å². The number of likely N-dealkylation sites (N-methyl/N-ethyl adjacent to an activating group) is 1. The fourth-order valence-corrected chi connectivity index (χ4v) is 3.43. The van der Waals surface area contributed by atoms with Gasteiger partial charge < -0.3 is 10.0 Å². The summed E-state index contributed by atoms with van der Waals surface area (Å²) in [5, 5.41) is 12.0. The summed E-state index contributed by atoms with van der Waals surface area (Å²) in [6.07, 6.45) is 0. The molecular weight excluding hydrogens is 280 g/mol. The molecule has 0 aliphatic carbocycles. The van der Waals surface area contributed by atoms with E-state index in [1.165, 1.54) is 11.3 Å². The Balaban J connectivity index is 2.28. The molecule has 0 fully saturated rings. The van der Waals surface area contributed by atoms with Crippen LogP contribution in [0.5, 0.6) is 0 Å². The molecule has 0 saturated heterocycles. The maximum absolute atomic E-state index is 12.3. The summed E-state index contributed by atoms with van der Waals surface area (Å²) < 4.78 is 0. The minimum Gasteiger partial charge on any atom is -0.394 e. The Morgan fingerprint density at radius 3 is 2.89 bits per heavy atom. The van der Waals surface area contributed by atoms with E-state index in [9.17, 15) is 4.79 Å². The Bertz CT molecular complexity index is 563.